The van der Waals surface area contributed by atoms with Crippen molar-refractivity contribution in [2.24, 2.45) is 0 Å². The minimum absolute atomic E-state index is 0.00188. The van der Waals surface area contributed by atoms with E-state index in [-0.39, 0.29) is 11.6 Å². The third-order valence-corrected chi connectivity index (χ3v) is 1.23. The van der Waals surface area contributed by atoms with Gasteiger partial charge in [-0.3, -0.25) is 4.79 Å². The van der Waals surface area contributed by atoms with Crippen LogP contribution in [0.1, 0.15) is 41.9 Å². The fourth-order valence-electron chi connectivity index (χ4n) is 0.766. The summed E-state index contributed by atoms with van der Waals surface area (Å²) in [4.78, 5) is 25.2. The molecule has 0 aliphatic heterocycles. The molecule has 0 atom stereocenters. The minimum atomic E-state index is -0.602. The molecule has 0 amide bonds. The van der Waals surface area contributed by atoms with Gasteiger partial charge >= 0.3 is 5.97 Å². The SMILES string of the molecule is CC(C)(C)OC(=O)c1coc(C=O)n1. The van der Waals surface area contributed by atoms with Crippen LogP contribution in [0.3, 0.4) is 0 Å². The van der Waals surface area contributed by atoms with Crippen molar-refractivity contribution in [1.29, 1.82) is 0 Å². The number of ether oxygens (including phenoxy) is 1. The second-order valence-electron chi connectivity index (χ2n) is 3.69. The van der Waals surface area contributed by atoms with Gasteiger partial charge in [0, 0.05) is 0 Å². The van der Waals surface area contributed by atoms with Gasteiger partial charge in [-0.2, -0.15) is 4.98 Å². The highest BCUT2D eigenvalue weighted by molar-refractivity contribution is 5.87. The molecule has 0 N–H and O–H groups in total. The van der Waals surface area contributed by atoms with Gasteiger partial charge in [0.25, 0.3) is 5.89 Å². The first kappa shape index (κ1) is 10.4. The monoisotopic (exact) mass is 197 g/mol. The van der Waals surface area contributed by atoms with Crippen LogP contribution in [0.15, 0.2) is 10.7 Å². The van der Waals surface area contributed by atoms with Crippen molar-refractivity contribution in [3.05, 3.63) is 17.8 Å². The molecule has 0 bridgehead atoms. The topological polar surface area (TPSA) is 69.4 Å². The molecule has 0 radical (unpaired) electrons. The molecule has 0 saturated heterocycles. The van der Waals surface area contributed by atoms with Gasteiger partial charge in [0.15, 0.2) is 5.69 Å². The fourth-order valence-corrected chi connectivity index (χ4v) is 0.766. The van der Waals surface area contributed by atoms with Crippen LogP contribution in [0.4, 0.5) is 0 Å². The number of hydrogen-bond donors (Lipinski definition) is 0. The van der Waals surface area contributed by atoms with Gasteiger partial charge in [-0.05, 0) is 20.8 Å². The number of rotatable bonds is 2. The van der Waals surface area contributed by atoms with E-state index in [1.54, 1.807) is 20.8 Å². The molecule has 76 valence electrons. The lowest BCUT2D eigenvalue weighted by Crippen LogP contribution is -2.24. The summed E-state index contributed by atoms with van der Waals surface area (Å²) in [7, 11) is 0. The van der Waals surface area contributed by atoms with E-state index in [0.717, 1.165) is 6.26 Å². The Labute approximate surface area is 81.1 Å². The molecule has 14 heavy (non-hydrogen) atoms. The van der Waals surface area contributed by atoms with Crippen LogP contribution >= 0.6 is 0 Å². The number of hydrogen-bond acceptors (Lipinski definition) is 5. The van der Waals surface area contributed by atoms with Crippen molar-refractivity contribution < 1.29 is 18.7 Å². The number of aldehydes is 1. The number of nitrogens with zero attached hydrogens (tertiary/aromatic N) is 1. The van der Waals surface area contributed by atoms with E-state index in [2.05, 4.69) is 9.40 Å². The van der Waals surface area contributed by atoms with E-state index >= 15 is 0 Å². The zero-order chi connectivity index (χ0) is 10.8. The van der Waals surface area contributed by atoms with Crippen molar-refractivity contribution >= 4 is 12.3 Å². The molecule has 5 nitrogen and oxygen atoms in total. The van der Waals surface area contributed by atoms with Gasteiger partial charge < -0.3 is 9.15 Å². The molecule has 0 unspecified atom stereocenters. The molecule has 0 spiro atoms. The van der Waals surface area contributed by atoms with Crippen molar-refractivity contribution in [2.45, 2.75) is 26.4 Å². The summed E-state index contributed by atoms with van der Waals surface area (Å²) in [5.41, 5.74) is -0.584. The average Bonchev–Trinajstić information content (AvgIpc) is 2.48. The van der Waals surface area contributed by atoms with Crippen molar-refractivity contribution in [3.63, 3.8) is 0 Å². The maximum atomic E-state index is 11.3. The Morgan fingerprint density at radius 1 is 1.57 bits per heavy atom. The van der Waals surface area contributed by atoms with Crippen LogP contribution < -0.4 is 0 Å². The summed E-state index contributed by atoms with van der Waals surface area (Å²) >= 11 is 0. The second kappa shape index (κ2) is 3.61. The van der Waals surface area contributed by atoms with E-state index in [1.165, 1.54) is 0 Å². The van der Waals surface area contributed by atoms with Crippen LogP contribution in [0.2, 0.25) is 0 Å². The van der Waals surface area contributed by atoms with Crippen LogP contribution in [-0.2, 0) is 4.74 Å². The fraction of sp³-hybridized carbons (Fsp3) is 0.444. The Bertz CT molecular complexity index is 348. The maximum Gasteiger partial charge on any atom is 0.360 e. The highest BCUT2D eigenvalue weighted by atomic mass is 16.6. The van der Waals surface area contributed by atoms with Gasteiger partial charge in [-0.1, -0.05) is 0 Å². The van der Waals surface area contributed by atoms with Crippen LogP contribution in [0.25, 0.3) is 0 Å². The molecule has 0 aromatic carbocycles. The van der Waals surface area contributed by atoms with E-state index in [9.17, 15) is 9.59 Å². The van der Waals surface area contributed by atoms with E-state index < -0.39 is 11.6 Å². The average molecular weight is 197 g/mol. The molecule has 0 aliphatic carbocycles. The number of esters is 1. The lowest BCUT2D eigenvalue weighted by molar-refractivity contribution is 0.00628. The number of oxazole rings is 1. The highest BCUT2D eigenvalue weighted by Gasteiger charge is 2.20. The highest BCUT2D eigenvalue weighted by Crippen LogP contribution is 2.11. The summed E-state index contributed by atoms with van der Waals surface area (Å²) in [6.07, 6.45) is 1.52. The zero-order valence-corrected chi connectivity index (χ0v) is 8.23. The first-order valence-corrected chi connectivity index (χ1v) is 4.06. The Hall–Kier alpha value is -1.65. The Morgan fingerprint density at radius 2 is 2.21 bits per heavy atom. The third-order valence-electron chi connectivity index (χ3n) is 1.23. The van der Waals surface area contributed by atoms with E-state index in [0.29, 0.717) is 6.29 Å². The van der Waals surface area contributed by atoms with Gasteiger partial charge in [0.2, 0.25) is 6.29 Å². The van der Waals surface area contributed by atoms with Crippen molar-refractivity contribution in [1.82, 2.24) is 4.98 Å². The van der Waals surface area contributed by atoms with Crippen molar-refractivity contribution in [3.8, 4) is 0 Å². The number of carbonyl (C=O) groups is 2. The summed E-state index contributed by atoms with van der Waals surface area (Å²) in [5, 5.41) is 0. The molecule has 1 aromatic rings. The van der Waals surface area contributed by atoms with Crippen LogP contribution in [0, 0.1) is 0 Å². The molecule has 0 saturated carbocycles. The van der Waals surface area contributed by atoms with Gasteiger partial charge in [-0.15, -0.1) is 0 Å². The minimum Gasteiger partial charge on any atom is -0.455 e. The smallest absolute Gasteiger partial charge is 0.360 e. The quantitative estimate of drug-likeness (QED) is 0.530. The molecule has 1 aromatic heterocycles. The molecule has 0 fully saturated rings. The largest absolute Gasteiger partial charge is 0.455 e. The van der Waals surface area contributed by atoms with E-state index in [4.69, 9.17) is 4.74 Å². The summed E-state index contributed by atoms with van der Waals surface area (Å²) in [5.74, 6) is -0.736. The van der Waals surface area contributed by atoms with Crippen LogP contribution in [-0.4, -0.2) is 22.8 Å². The Morgan fingerprint density at radius 3 is 2.64 bits per heavy atom. The van der Waals surface area contributed by atoms with Crippen LogP contribution in [0.5, 0.6) is 0 Å². The number of aromatic nitrogens is 1. The summed E-state index contributed by atoms with van der Waals surface area (Å²) in [6, 6.07) is 0. The molecule has 5 heteroatoms. The predicted octanol–water partition coefficient (Wildman–Crippen LogP) is 1.44. The Kier molecular flexibility index (Phi) is 2.69. The lowest BCUT2D eigenvalue weighted by Gasteiger charge is -2.18. The number of carbonyl (C=O) groups excluding carboxylic acids is 2. The predicted molar refractivity (Wildman–Crippen MR) is 47.1 cm³/mol. The zero-order valence-electron chi connectivity index (χ0n) is 8.23. The molecule has 1 heterocycles. The van der Waals surface area contributed by atoms with Crippen molar-refractivity contribution in [2.75, 3.05) is 0 Å². The first-order valence-electron chi connectivity index (χ1n) is 4.06. The standard InChI is InChI=1S/C9H11NO4/c1-9(2,3)14-8(12)6-5-13-7(4-11)10-6/h4-5H,1-3H3. The molecular weight excluding hydrogens is 186 g/mol. The molecule has 1 rings (SSSR count). The van der Waals surface area contributed by atoms with Gasteiger partial charge in [0.1, 0.15) is 11.9 Å². The van der Waals surface area contributed by atoms with Gasteiger partial charge in [-0.25, -0.2) is 4.79 Å². The summed E-state index contributed by atoms with van der Waals surface area (Å²) < 4.78 is 9.67. The first-order chi connectivity index (χ1) is 6.42. The lowest BCUT2D eigenvalue weighted by atomic mass is 10.2. The second-order valence-corrected chi connectivity index (χ2v) is 3.69. The Balaban J connectivity index is 2.75. The summed E-state index contributed by atoms with van der Waals surface area (Å²) in [6.45, 7) is 5.23. The van der Waals surface area contributed by atoms with Gasteiger partial charge in [0.05, 0.1) is 0 Å². The van der Waals surface area contributed by atoms with E-state index in [1.807, 2.05) is 0 Å². The maximum absolute atomic E-state index is 11.3. The normalized spacial score (nSPS) is 11.1. The third kappa shape index (κ3) is 2.69. The molecular formula is C9H11NO4. The molecule has 0 aliphatic rings.